The quantitative estimate of drug-likeness (QED) is 0.466. The summed E-state index contributed by atoms with van der Waals surface area (Å²) in [6.45, 7) is 4.81. The van der Waals surface area contributed by atoms with Crippen molar-refractivity contribution in [3.63, 3.8) is 0 Å². The Morgan fingerprint density at radius 3 is 2.76 bits per heavy atom. The van der Waals surface area contributed by atoms with Gasteiger partial charge in [-0.1, -0.05) is 35.9 Å². The molecule has 0 aromatic heterocycles. The first-order valence-electron chi connectivity index (χ1n) is 8.17. The zero-order chi connectivity index (χ0) is 18.1. The summed E-state index contributed by atoms with van der Waals surface area (Å²) in [6.07, 6.45) is 0.149. The van der Waals surface area contributed by atoms with E-state index in [-0.39, 0.29) is 6.10 Å². The molecule has 0 bridgehead atoms. The van der Waals surface area contributed by atoms with Gasteiger partial charge in [-0.25, -0.2) is 0 Å². The maximum Gasteiger partial charge on any atom is 0.170 e. The Balaban J connectivity index is 1.68. The Bertz CT molecular complexity index is 695. The summed E-state index contributed by atoms with van der Waals surface area (Å²) in [5.41, 5.74) is 2.08. The van der Waals surface area contributed by atoms with E-state index >= 15 is 0 Å². The lowest BCUT2D eigenvalue weighted by molar-refractivity contribution is 0.242. The van der Waals surface area contributed by atoms with Crippen molar-refractivity contribution in [2.75, 3.05) is 17.6 Å². The van der Waals surface area contributed by atoms with Crippen LogP contribution in [0.5, 0.6) is 5.75 Å². The first-order chi connectivity index (χ1) is 12.0. The highest BCUT2D eigenvalue weighted by atomic mass is 35.5. The van der Waals surface area contributed by atoms with Gasteiger partial charge in [0.1, 0.15) is 5.75 Å². The maximum absolute atomic E-state index is 6.15. The van der Waals surface area contributed by atoms with E-state index in [9.17, 15) is 0 Å². The monoisotopic (exact) mass is 394 g/mol. The maximum atomic E-state index is 6.15. The fourth-order valence-electron chi connectivity index (χ4n) is 2.13. The molecule has 0 saturated heterocycles. The summed E-state index contributed by atoms with van der Waals surface area (Å²) >= 11 is 13.3. The Morgan fingerprint density at radius 1 is 1.20 bits per heavy atom. The fraction of sp³-hybridized carbons (Fsp3) is 0.316. The van der Waals surface area contributed by atoms with E-state index < -0.39 is 0 Å². The summed E-state index contributed by atoms with van der Waals surface area (Å²) < 4.78 is 5.68. The molecule has 0 fully saturated rings. The Labute approximate surface area is 164 Å². The van der Waals surface area contributed by atoms with Crippen LogP contribution in [0.1, 0.15) is 19.4 Å². The van der Waals surface area contributed by atoms with E-state index in [1.54, 1.807) is 0 Å². The van der Waals surface area contributed by atoms with Crippen LogP contribution < -0.4 is 15.4 Å². The van der Waals surface area contributed by atoms with Crippen LogP contribution in [0, 0.1) is 0 Å². The molecule has 2 rings (SSSR count). The smallest absolute Gasteiger partial charge is 0.170 e. The van der Waals surface area contributed by atoms with E-state index in [1.165, 1.54) is 0 Å². The van der Waals surface area contributed by atoms with Crippen molar-refractivity contribution in [1.82, 2.24) is 5.32 Å². The molecule has 2 aromatic rings. The lowest BCUT2D eigenvalue weighted by Crippen LogP contribution is -2.30. The van der Waals surface area contributed by atoms with Crippen LogP contribution in [0.4, 0.5) is 5.69 Å². The second-order valence-corrected chi connectivity index (χ2v) is 7.64. The minimum Gasteiger partial charge on any atom is -0.491 e. The Morgan fingerprint density at radius 2 is 2.00 bits per heavy atom. The number of rotatable bonds is 8. The van der Waals surface area contributed by atoms with Crippen molar-refractivity contribution >= 4 is 46.4 Å². The molecular weight excluding hydrogens is 372 g/mol. The zero-order valence-electron chi connectivity index (χ0n) is 14.4. The number of anilines is 1. The van der Waals surface area contributed by atoms with Crippen LogP contribution in [0.2, 0.25) is 5.02 Å². The average molecular weight is 395 g/mol. The first-order valence-corrected chi connectivity index (χ1v) is 10.1. The number of thiocarbonyl (C=S) groups is 1. The third-order valence-electron chi connectivity index (χ3n) is 3.21. The van der Waals surface area contributed by atoms with Crippen LogP contribution in [0.3, 0.4) is 0 Å². The van der Waals surface area contributed by atoms with Crippen molar-refractivity contribution in [2.45, 2.75) is 25.7 Å². The molecule has 0 amide bonds. The fourth-order valence-corrected chi connectivity index (χ4v) is 3.49. The predicted molar refractivity (Wildman–Crippen MR) is 114 cm³/mol. The SMILES string of the molecule is CC(C)Oc1cccc(NC(=S)NCCSCc2ccccc2Cl)c1. The molecule has 2 N–H and O–H groups in total. The largest absolute Gasteiger partial charge is 0.491 e. The van der Waals surface area contributed by atoms with Gasteiger partial charge in [0.25, 0.3) is 0 Å². The third-order valence-corrected chi connectivity index (χ3v) is 4.83. The van der Waals surface area contributed by atoms with Gasteiger partial charge in [0, 0.05) is 34.8 Å². The highest BCUT2D eigenvalue weighted by Crippen LogP contribution is 2.20. The van der Waals surface area contributed by atoms with Crippen LogP contribution in [-0.4, -0.2) is 23.5 Å². The highest BCUT2D eigenvalue weighted by molar-refractivity contribution is 7.98. The molecule has 0 radical (unpaired) electrons. The van der Waals surface area contributed by atoms with Gasteiger partial charge in [-0.3, -0.25) is 0 Å². The summed E-state index contributed by atoms with van der Waals surface area (Å²) in [4.78, 5) is 0. The molecular formula is C19H23ClN2OS2. The number of hydrogen-bond donors (Lipinski definition) is 2. The number of hydrogen-bond acceptors (Lipinski definition) is 3. The molecule has 0 saturated carbocycles. The molecule has 0 unspecified atom stereocenters. The van der Waals surface area contributed by atoms with Gasteiger partial charge in [-0.15, -0.1) is 0 Å². The molecule has 0 atom stereocenters. The van der Waals surface area contributed by atoms with Crippen molar-refractivity contribution in [3.8, 4) is 5.75 Å². The first kappa shape index (κ1) is 19.9. The van der Waals surface area contributed by atoms with E-state index in [4.69, 9.17) is 28.6 Å². The summed E-state index contributed by atoms with van der Waals surface area (Å²) in [7, 11) is 0. The minimum absolute atomic E-state index is 0.149. The summed E-state index contributed by atoms with van der Waals surface area (Å²) in [5.74, 6) is 2.68. The molecule has 0 aliphatic carbocycles. The number of nitrogens with one attached hydrogen (secondary N) is 2. The molecule has 2 aromatic carbocycles. The number of benzene rings is 2. The van der Waals surface area contributed by atoms with Gasteiger partial charge in [-0.05, 0) is 49.8 Å². The molecule has 0 spiro atoms. The van der Waals surface area contributed by atoms with Crippen molar-refractivity contribution < 1.29 is 4.74 Å². The van der Waals surface area contributed by atoms with Gasteiger partial charge in [0.05, 0.1) is 6.10 Å². The Hall–Kier alpha value is -1.43. The van der Waals surface area contributed by atoms with Gasteiger partial charge in [0.2, 0.25) is 0 Å². The van der Waals surface area contributed by atoms with E-state index in [2.05, 4.69) is 16.7 Å². The summed E-state index contributed by atoms with van der Waals surface area (Å²) in [6, 6.07) is 15.7. The second-order valence-electron chi connectivity index (χ2n) is 5.72. The highest BCUT2D eigenvalue weighted by Gasteiger charge is 2.02. The third kappa shape index (κ3) is 7.55. The van der Waals surface area contributed by atoms with Crippen LogP contribution in [-0.2, 0) is 5.75 Å². The topological polar surface area (TPSA) is 33.3 Å². The average Bonchev–Trinajstić information content (AvgIpc) is 2.56. The number of ether oxygens (including phenoxy) is 1. The van der Waals surface area contributed by atoms with E-state index in [0.29, 0.717) is 5.11 Å². The number of thioether (sulfide) groups is 1. The number of halogens is 1. The molecule has 3 nitrogen and oxygen atoms in total. The van der Waals surface area contributed by atoms with Crippen LogP contribution >= 0.6 is 35.6 Å². The summed E-state index contributed by atoms with van der Waals surface area (Å²) in [5, 5.41) is 7.84. The zero-order valence-corrected chi connectivity index (χ0v) is 16.8. The van der Waals surface area contributed by atoms with E-state index in [0.717, 1.165) is 40.1 Å². The molecule has 6 heteroatoms. The predicted octanol–water partition coefficient (Wildman–Crippen LogP) is 5.35. The lowest BCUT2D eigenvalue weighted by atomic mass is 10.2. The molecule has 0 aliphatic rings. The standard InChI is InChI=1S/C19H23ClN2OS2/c1-14(2)23-17-8-5-7-16(12-17)22-19(24)21-10-11-25-13-15-6-3-4-9-18(15)20/h3-9,12,14H,10-11,13H2,1-2H3,(H2,21,22,24). The Kier molecular flexibility index (Phi) is 8.38. The van der Waals surface area contributed by atoms with Gasteiger partial charge in [-0.2, -0.15) is 11.8 Å². The van der Waals surface area contributed by atoms with Crippen molar-refractivity contribution in [2.24, 2.45) is 0 Å². The van der Waals surface area contributed by atoms with Gasteiger partial charge in [0.15, 0.2) is 5.11 Å². The molecule has 0 aliphatic heterocycles. The van der Waals surface area contributed by atoms with Gasteiger partial charge >= 0.3 is 0 Å². The van der Waals surface area contributed by atoms with Gasteiger partial charge < -0.3 is 15.4 Å². The van der Waals surface area contributed by atoms with Crippen LogP contribution in [0.15, 0.2) is 48.5 Å². The second kappa shape index (κ2) is 10.5. The minimum atomic E-state index is 0.149. The van der Waals surface area contributed by atoms with Crippen LogP contribution in [0.25, 0.3) is 0 Å². The molecule has 25 heavy (non-hydrogen) atoms. The molecule has 134 valence electrons. The lowest BCUT2D eigenvalue weighted by Gasteiger charge is -2.13. The normalized spacial score (nSPS) is 10.6. The van der Waals surface area contributed by atoms with Crippen molar-refractivity contribution in [1.29, 1.82) is 0 Å². The van der Waals surface area contributed by atoms with E-state index in [1.807, 2.05) is 68.1 Å². The van der Waals surface area contributed by atoms with Crippen molar-refractivity contribution in [3.05, 3.63) is 59.1 Å². The molecule has 0 heterocycles.